The monoisotopic (exact) mass is 181 g/mol. The lowest BCUT2D eigenvalue weighted by molar-refractivity contribution is 0.866. The second-order valence-electron chi connectivity index (χ2n) is 2.48. The maximum Gasteiger partial charge on any atom is 0.163 e. The second-order valence-corrected chi connectivity index (χ2v) is 2.92. The first kappa shape index (κ1) is 8.93. The van der Waals surface area contributed by atoms with Gasteiger partial charge in [0.2, 0.25) is 0 Å². The van der Waals surface area contributed by atoms with Crippen molar-refractivity contribution in [2.45, 2.75) is 13.5 Å². The van der Waals surface area contributed by atoms with Crippen molar-refractivity contribution in [2.75, 3.05) is 0 Å². The van der Waals surface area contributed by atoms with Crippen molar-refractivity contribution in [1.29, 1.82) is 0 Å². The summed E-state index contributed by atoms with van der Waals surface area (Å²) in [7, 11) is 0. The van der Waals surface area contributed by atoms with Crippen LogP contribution in [0.25, 0.3) is 0 Å². The zero-order chi connectivity index (χ0) is 8.97. The highest BCUT2D eigenvalue weighted by Crippen LogP contribution is 2.01. The third-order valence-corrected chi connectivity index (χ3v) is 1.69. The maximum atomic E-state index is 5.28. The molecule has 0 aliphatic carbocycles. The molecule has 0 bridgehead atoms. The van der Waals surface area contributed by atoms with Gasteiger partial charge in [-0.05, 0) is 30.8 Å². The van der Waals surface area contributed by atoms with Gasteiger partial charge in [-0.3, -0.25) is 4.98 Å². The van der Waals surface area contributed by atoms with Crippen molar-refractivity contribution in [3.05, 3.63) is 29.6 Å². The Morgan fingerprint density at radius 2 is 2.50 bits per heavy atom. The normalized spacial score (nSPS) is 9.42. The van der Waals surface area contributed by atoms with Crippen molar-refractivity contribution < 1.29 is 0 Å². The van der Waals surface area contributed by atoms with E-state index >= 15 is 0 Å². The minimum absolute atomic E-state index is 0.306. The Morgan fingerprint density at radius 3 is 3.08 bits per heavy atom. The summed E-state index contributed by atoms with van der Waals surface area (Å²) in [5.41, 5.74) is 7.40. The number of hydrogen-bond acceptors (Lipinski definition) is 2. The third kappa shape index (κ3) is 2.47. The molecule has 12 heavy (non-hydrogen) atoms. The Bertz CT molecular complexity index is 285. The molecule has 0 aromatic carbocycles. The van der Waals surface area contributed by atoms with Crippen LogP contribution >= 0.6 is 12.2 Å². The highest BCUT2D eigenvalue weighted by molar-refractivity contribution is 7.80. The Balaban J connectivity index is 2.63. The average Bonchev–Trinajstić information content (AvgIpc) is 2.03. The van der Waals surface area contributed by atoms with Crippen LogP contribution in [0.15, 0.2) is 18.3 Å². The van der Waals surface area contributed by atoms with Crippen LogP contribution < -0.4 is 11.1 Å². The lowest BCUT2D eigenvalue weighted by atomic mass is 10.2. The van der Waals surface area contributed by atoms with Gasteiger partial charge in [0, 0.05) is 6.20 Å². The number of thiocarbonyl (C=S) groups is 1. The van der Waals surface area contributed by atoms with Gasteiger partial charge in [0.15, 0.2) is 5.11 Å². The van der Waals surface area contributed by atoms with E-state index in [0.29, 0.717) is 11.7 Å². The standard InChI is InChI=1S/C8H11N3S/c1-6-3-2-4-10-7(6)5-11-8(9)12/h2-4H,5H2,1H3,(H3,9,11,12). The van der Waals surface area contributed by atoms with Gasteiger partial charge in [-0.15, -0.1) is 0 Å². The molecule has 0 unspecified atom stereocenters. The minimum atomic E-state index is 0.306. The van der Waals surface area contributed by atoms with Crippen LogP contribution in [-0.4, -0.2) is 10.1 Å². The average molecular weight is 181 g/mol. The van der Waals surface area contributed by atoms with Gasteiger partial charge in [0.25, 0.3) is 0 Å². The van der Waals surface area contributed by atoms with Crippen LogP contribution in [0.3, 0.4) is 0 Å². The number of nitrogens with two attached hydrogens (primary N) is 1. The molecule has 64 valence electrons. The molecule has 0 saturated carbocycles. The molecule has 1 rings (SSSR count). The van der Waals surface area contributed by atoms with E-state index in [-0.39, 0.29) is 0 Å². The van der Waals surface area contributed by atoms with E-state index < -0.39 is 0 Å². The Kier molecular flexibility index (Phi) is 2.99. The largest absolute Gasteiger partial charge is 0.376 e. The van der Waals surface area contributed by atoms with Crippen molar-refractivity contribution in [3.8, 4) is 0 Å². The van der Waals surface area contributed by atoms with Crippen LogP contribution in [0, 0.1) is 6.92 Å². The van der Waals surface area contributed by atoms with Crippen molar-refractivity contribution in [2.24, 2.45) is 5.73 Å². The summed E-state index contributed by atoms with van der Waals surface area (Å²) < 4.78 is 0. The summed E-state index contributed by atoms with van der Waals surface area (Å²) in [6.07, 6.45) is 1.75. The van der Waals surface area contributed by atoms with Gasteiger partial charge in [0.1, 0.15) is 0 Å². The number of nitrogens with zero attached hydrogens (tertiary/aromatic N) is 1. The first-order valence-electron chi connectivity index (χ1n) is 3.64. The van der Waals surface area contributed by atoms with Crippen molar-refractivity contribution in [1.82, 2.24) is 10.3 Å². The number of pyridine rings is 1. The summed E-state index contributed by atoms with van der Waals surface area (Å²) >= 11 is 4.68. The third-order valence-electron chi connectivity index (χ3n) is 1.55. The molecule has 1 aromatic rings. The number of rotatable bonds is 2. The molecule has 4 heteroatoms. The fraction of sp³-hybridized carbons (Fsp3) is 0.250. The van der Waals surface area contributed by atoms with Crippen molar-refractivity contribution >= 4 is 17.3 Å². The van der Waals surface area contributed by atoms with Gasteiger partial charge in [-0.25, -0.2) is 0 Å². The second kappa shape index (κ2) is 4.01. The number of aryl methyl sites for hydroxylation is 1. The molecule has 0 atom stereocenters. The molecule has 0 radical (unpaired) electrons. The lowest BCUT2D eigenvalue weighted by Gasteiger charge is -2.04. The zero-order valence-corrected chi connectivity index (χ0v) is 7.69. The Morgan fingerprint density at radius 1 is 1.75 bits per heavy atom. The van der Waals surface area contributed by atoms with Crippen LogP contribution in [0.5, 0.6) is 0 Å². The molecule has 1 aromatic heterocycles. The van der Waals surface area contributed by atoms with Crippen LogP contribution in [0.4, 0.5) is 0 Å². The fourth-order valence-electron chi connectivity index (χ4n) is 0.874. The Hall–Kier alpha value is -1.16. The van der Waals surface area contributed by atoms with Crippen LogP contribution in [0.2, 0.25) is 0 Å². The van der Waals surface area contributed by atoms with E-state index in [1.54, 1.807) is 6.20 Å². The highest BCUT2D eigenvalue weighted by Gasteiger charge is 1.97. The molecule has 0 spiro atoms. The van der Waals surface area contributed by atoms with Crippen molar-refractivity contribution in [3.63, 3.8) is 0 Å². The predicted octanol–water partition coefficient (Wildman–Crippen LogP) is 0.723. The first-order chi connectivity index (χ1) is 5.70. The maximum absolute atomic E-state index is 5.28. The van der Waals surface area contributed by atoms with E-state index in [4.69, 9.17) is 5.73 Å². The summed E-state index contributed by atoms with van der Waals surface area (Å²) in [6.45, 7) is 2.60. The molecule has 0 saturated heterocycles. The fourth-order valence-corrected chi connectivity index (χ4v) is 0.946. The van der Waals surface area contributed by atoms with E-state index in [0.717, 1.165) is 11.3 Å². The number of aromatic nitrogens is 1. The van der Waals surface area contributed by atoms with E-state index in [1.165, 1.54) is 0 Å². The Labute approximate surface area is 77.0 Å². The van der Waals surface area contributed by atoms with Gasteiger partial charge in [-0.1, -0.05) is 6.07 Å². The van der Waals surface area contributed by atoms with Gasteiger partial charge in [0.05, 0.1) is 12.2 Å². The predicted molar refractivity (Wildman–Crippen MR) is 52.6 cm³/mol. The topological polar surface area (TPSA) is 50.9 Å². The molecule has 0 amide bonds. The first-order valence-corrected chi connectivity index (χ1v) is 4.05. The van der Waals surface area contributed by atoms with Crippen LogP contribution in [-0.2, 0) is 6.54 Å². The molecule has 1 heterocycles. The molecule has 0 aliphatic heterocycles. The quantitative estimate of drug-likeness (QED) is 0.660. The summed E-state index contributed by atoms with van der Waals surface area (Å²) in [4.78, 5) is 4.17. The molecule has 0 aliphatic rings. The number of hydrogen-bond donors (Lipinski definition) is 2. The minimum Gasteiger partial charge on any atom is -0.376 e. The zero-order valence-electron chi connectivity index (χ0n) is 6.87. The van der Waals surface area contributed by atoms with E-state index in [9.17, 15) is 0 Å². The lowest BCUT2D eigenvalue weighted by Crippen LogP contribution is -2.28. The van der Waals surface area contributed by atoms with E-state index in [2.05, 4.69) is 22.5 Å². The number of nitrogens with one attached hydrogen (secondary N) is 1. The molecular weight excluding hydrogens is 170 g/mol. The van der Waals surface area contributed by atoms with Gasteiger partial charge >= 0.3 is 0 Å². The molecular formula is C8H11N3S. The highest BCUT2D eigenvalue weighted by atomic mass is 32.1. The summed E-state index contributed by atoms with van der Waals surface area (Å²) in [5, 5.41) is 3.15. The van der Waals surface area contributed by atoms with E-state index in [1.807, 2.05) is 19.1 Å². The van der Waals surface area contributed by atoms with Gasteiger partial charge < -0.3 is 11.1 Å². The molecule has 0 fully saturated rings. The smallest absolute Gasteiger partial charge is 0.163 e. The summed E-state index contributed by atoms with van der Waals surface area (Å²) in [6, 6.07) is 3.91. The SMILES string of the molecule is Cc1cccnc1CNC(N)=S. The molecule has 3 nitrogen and oxygen atoms in total. The van der Waals surface area contributed by atoms with Gasteiger partial charge in [-0.2, -0.15) is 0 Å². The molecule has 3 N–H and O–H groups in total. The van der Waals surface area contributed by atoms with Crippen LogP contribution in [0.1, 0.15) is 11.3 Å². The summed E-state index contributed by atoms with van der Waals surface area (Å²) in [5.74, 6) is 0.